The SMILES string of the molecule is CCOC(=O)C1C(=O)/C(=C\c2ccc(OCC(=O)NCc3ccccc3)cc2)N=C1C. The molecule has 1 N–H and O–H groups in total. The fourth-order valence-corrected chi connectivity index (χ4v) is 3.07. The van der Waals surface area contributed by atoms with Crippen molar-refractivity contribution in [2.75, 3.05) is 13.2 Å². The van der Waals surface area contributed by atoms with Gasteiger partial charge in [0.25, 0.3) is 5.91 Å². The molecule has 2 aromatic rings. The lowest BCUT2D eigenvalue weighted by atomic mass is 10.0. The van der Waals surface area contributed by atoms with Crippen LogP contribution in [0.25, 0.3) is 6.08 Å². The minimum Gasteiger partial charge on any atom is -0.484 e. The monoisotopic (exact) mass is 420 g/mol. The first kappa shape index (κ1) is 22.0. The number of aliphatic imine (C=N–C) groups is 1. The Bertz CT molecular complexity index is 1010. The number of nitrogens with zero attached hydrogens (tertiary/aromatic N) is 1. The lowest BCUT2D eigenvalue weighted by Gasteiger charge is -2.08. The molecule has 0 spiro atoms. The molecule has 160 valence electrons. The number of ketones is 1. The molecular weight excluding hydrogens is 396 g/mol. The van der Waals surface area contributed by atoms with Crippen LogP contribution in [0.15, 0.2) is 65.3 Å². The molecule has 31 heavy (non-hydrogen) atoms. The molecule has 0 saturated heterocycles. The highest BCUT2D eigenvalue weighted by Crippen LogP contribution is 2.24. The van der Waals surface area contributed by atoms with Gasteiger partial charge in [-0.1, -0.05) is 42.5 Å². The van der Waals surface area contributed by atoms with Crippen molar-refractivity contribution in [3.8, 4) is 5.75 Å². The van der Waals surface area contributed by atoms with Crippen molar-refractivity contribution in [3.05, 3.63) is 71.4 Å². The van der Waals surface area contributed by atoms with Gasteiger partial charge in [0.05, 0.1) is 6.61 Å². The van der Waals surface area contributed by atoms with Crippen LogP contribution in [-0.4, -0.2) is 36.6 Å². The Morgan fingerprint density at radius 3 is 2.48 bits per heavy atom. The molecule has 0 fully saturated rings. The average Bonchev–Trinajstić information content (AvgIpc) is 3.05. The van der Waals surface area contributed by atoms with Crippen LogP contribution in [0.4, 0.5) is 0 Å². The summed E-state index contributed by atoms with van der Waals surface area (Å²) < 4.78 is 10.5. The molecular formula is C24H24N2O5. The zero-order valence-corrected chi connectivity index (χ0v) is 17.5. The predicted molar refractivity (Wildman–Crippen MR) is 116 cm³/mol. The van der Waals surface area contributed by atoms with Gasteiger partial charge in [-0.3, -0.25) is 19.4 Å². The van der Waals surface area contributed by atoms with Gasteiger partial charge >= 0.3 is 5.97 Å². The summed E-state index contributed by atoms with van der Waals surface area (Å²) in [6.45, 7) is 3.88. The van der Waals surface area contributed by atoms with Crippen LogP contribution in [0, 0.1) is 5.92 Å². The molecule has 2 aromatic carbocycles. The second-order valence-electron chi connectivity index (χ2n) is 6.95. The summed E-state index contributed by atoms with van der Waals surface area (Å²) in [4.78, 5) is 40.6. The molecule has 1 atom stereocenters. The highest BCUT2D eigenvalue weighted by atomic mass is 16.5. The third kappa shape index (κ3) is 5.88. The molecule has 0 radical (unpaired) electrons. The molecule has 0 aliphatic carbocycles. The second-order valence-corrected chi connectivity index (χ2v) is 6.95. The number of nitrogens with one attached hydrogen (secondary N) is 1. The first-order valence-corrected chi connectivity index (χ1v) is 9.99. The number of hydrogen-bond acceptors (Lipinski definition) is 6. The van der Waals surface area contributed by atoms with Crippen LogP contribution >= 0.6 is 0 Å². The summed E-state index contributed by atoms with van der Waals surface area (Å²) in [6, 6.07) is 16.5. The fourth-order valence-electron chi connectivity index (χ4n) is 3.07. The first-order valence-electron chi connectivity index (χ1n) is 9.99. The minimum atomic E-state index is -0.969. The van der Waals surface area contributed by atoms with Crippen molar-refractivity contribution in [2.45, 2.75) is 20.4 Å². The summed E-state index contributed by atoms with van der Waals surface area (Å²) in [5.41, 5.74) is 2.38. The summed E-state index contributed by atoms with van der Waals surface area (Å²) in [7, 11) is 0. The van der Waals surface area contributed by atoms with E-state index >= 15 is 0 Å². The van der Waals surface area contributed by atoms with E-state index in [4.69, 9.17) is 9.47 Å². The Kier molecular flexibility index (Phi) is 7.32. The number of rotatable bonds is 8. The number of amides is 1. The first-order chi connectivity index (χ1) is 15.0. The summed E-state index contributed by atoms with van der Waals surface area (Å²) in [5, 5.41) is 2.80. The van der Waals surface area contributed by atoms with Crippen LogP contribution in [0.1, 0.15) is 25.0 Å². The maximum absolute atomic E-state index is 12.5. The van der Waals surface area contributed by atoms with Crippen molar-refractivity contribution in [1.82, 2.24) is 5.32 Å². The minimum absolute atomic E-state index is 0.101. The summed E-state index contributed by atoms with van der Waals surface area (Å²) >= 11 is 0. The van der Waals surface area contributed by atoms with E-state index in [-0.39, 0.29) is 30.6 Å². The number of ether oxygens (including phenoxy) is 2. The second kappa shape index (κ2) is 10.3. The fraction of sp³-hybridized carbons (Fsp3) is 0.250. The highest BCUT2D eigenvalue weighted by molar-refractivity contribution is 6.28. The van der Waals surface area contributed by atoms with Crippen molar-refractivity contribution < 1.29 is 23.9 Å². The van der Waals surface area contributed by atoms with Gasteiger partial charge in [0.15, 0.2) is 12.5 Å². The third-order valence-electron chi connectivity index (χ3n) is 4.64. The van der Waals surface area contributed by atoms with Gasteiger partial charge in [0.2, 0.25) is 5.78 Å². The van der Waals surface area contributed by atoms with E-state index in [0.29, 0.717) is 18.0 Å². The van der Waals surface area contributed by atoms with Crippen LogP contribution in [-0.2, 0) is 25.7 Å². The van der Waals surface area contributed by atoms with Gasteiger partial charge in [-0.25, -0.2) is 0 Å². The molecule has 3 rings (SSSR count). The van der Waals surface area contributed by atoms with E-state index in [0.717, 1.165) is 11.1 Å². The Hall–Kier alpha value is -3.74. The van der Waals surface area contributed by atoms with E-state index < -0.39 is 11.9 Å². The van der Waals surface area contributed by atoms with Gasteiger partial charge in [-0.2, -0.15) is 0 Å². The quantitative estimate of drug-likeness (QED) is 0.403. The molecule has 7 heteroatoms. The van der Waals surface area contributed by atoms with Crippen molar-refractivity contribution in [3.63, 3.8) is 0 Å². The normalized spacial score (nSPS) is 16.7. The topological polar surface area (TPSA) is 94.1 Å². The molecule has 0 saturated carbocycles. The number of carbonyl (C=O) groups is 3. The molecule has 1 aliphatic heterocycles. The van der Waals surface area contributed by atoms with Crippen LogP contribution < -0.4 is 10.1 Å². The number of Topliss-reactive ketones (excluding diaryl/α,β-unsaturated/α-hetero) is 1. The van der Waals surface area contributed by atoms with Gasteiger partial charge in [0, 0.05) is 12.3 Å². The maximum Gasteiger partial charge on any atom is 0.322 e. The highest BCUT2D eigenvalue weighted by Gasteiger charge is 2.37. The number of benzene rings is 2. The van der Waals surface area contributed by atoms with E-state index in [2.05, 4.69) is 10.3 Å². The summed E-state index contributed by atoms with van der Waals surface area (Å²) in [6.07, 6.45) is 1.61. The zero-order chi connectivity index (χ0) is 22.2. The van der Waals surface area contributed by atoms with Crippen molar-refractivity contribution in [1.29, 1.82) is 0 Å². The number of carbonyl (C=O) groups excluding carboxylic acids is 3. The zero-order valence-electron chi connectivity index (χ0n) is 17.5. The Balaban J connectivity index is 1.54. The van der Waals surface area contributed by atoms with E-state index in [1.165, 1.54) is 0 Å². The molecule has 1 heterocycles. The molecule has 1 aliphatic rings. The van der Waals surface area contributed by atoms with Crippen LogP contribution in [0.3, 0.4) is 0 Å². The Morgan fingerprint density at radius 2 is 1.81 bits per heavy atom. The van der Waals surface area contributed by atoms with E-state index in [9.17, 15) is 14.4 Å². The van der Waals surface area contributed by atoms with Crippen LogP contribution in [0.2, 0.25) is 0 Å². The smallest absolute Gasteiger partial charge is 0.322 e. The summed E-state index contributed by atoms with van der Waals surface area (Å²) in [5.74, 6) is -1.61. The molecule has 0 aromatic heterocycles. The largest absolute Gasteiger partial charge is 0.484 e. The van der Waals surface area contributed by atoms with Crippen molar-refractivity contribution >= 4 is 29.4 Å². The number of allylic oxidation sites excluding steroid dienone is 1. The number of hydrogen-bond donors (Lipinski definition) is 1. The standard InChI is InChI=1S/C24H24N2O5/c1-3-30-24(29)22-16(2)26-20(23(22)28)13-17-9-11-19(12-10-17)31-15-21(27)25-14-18-7-5-4-6-8-18/h4-13,22H,3,14-15H2,1-2H3,(H,25,27)/b20-13+. The molecule has 1 amide bonds. The Labute approximate surface area is 180 Å². The van der Waals surface area contributed by atoms with Crippen molar-refractivity contribution in [2.24, 2.45) is 10.9 Å². The molecule has 0 bridgehead atoms. The number of esters is 1. The predicted octanol–water partition coefficient (Wildman–Crippen LogP) is 2.95. The maximum atomic E-state index is 12.5. The van der Waals surface area contributed by atoms with Crippen LogP contribution in [0.5, 0.6) is 5.75 Å². The van der Waals surface area contributed by atoms with Gasteiger partial charge in [-0.15, -0.1) is 0 Å². The molecule has 7 nitrogen and oxygen atoms in total. The average molecular weight is 420 g/mol. The third-order valence-corrected chi connectivity index (χ3v) is 4.64. The van der Waals surface area contributed by atoms with Gasteiger partial charge < -0.3 is 14.8 Å². The Morgan fingerprint density at radius 1 is 1.10 bits per heavy atom. The lowest BCUT2D eigenvalue weighted by molar-refractivity contribution is -0.147. The van der Waals surface area contributed by atoms with Gasteiger partial charge in [-0.05, 0) is 43.2 Å². The lowest BCUT2D eigenvalue weighted by Crippen LogP contribution is -2.28. The molecule has 1 unspecified atom stereocenters. The van der Waals surface area contributed by atoms with Gasteiger partial charge in [0.1, 0.15) is 11.4 Å². The van der Waals surface area contributed by atoms with E-state index in [1.807, 2.05) is 30.3 Å². The van der Waals surface area contributed by atoms with E-state index in [1.54, 1.807) is 44.2 Å².